The van der Waals surface area contributed by atoms with Crippen LogP contribution in [0.25, 0.3) is 0 Å². The van der Waals surface area contributed by atoms with Crippen LogP contribution in [-0.4, -0.2) is 39.1 Å². The number of rotatable bonds is 3. The fraction of sp³-hybridized carbons (Fsp3) is 0.450. The van der Waals surface area contributed by atoms with Crippen LogP contribution >= 0.6 is 0 Å². The van der Waals surface area contributed by atoms with Gasteiger partial charge >= 0.3 is 12.4 Å². The smallest absolute Gasteiger partial charge is 0.390 e. The first-order valence-corrected chi connectivity index (χ1v) is 9.67. The van der Waals surface area contributed by atoms with E-state index < -0.39 is 65.2 Å². The molecule has 2 N–H and O–H groups in total. The van der Waals surface area contributed by atoms with Crippen molar-refractivity contribution in [3.63, 3.8) is 0 Å². The molecule has 5 unspecified atom stereocenters. The van der Waals surface area contributed by atoms with E-state index in [2.05, 4.69) is 10.4 Å². The maximum atomic E-state index is 13.5. The van der Waals surface area contributed by atoms with Crippen molar-refractivity contribution >= 4 is 11.6 Å². The Hall–Kier alpha value is -3.11. The molecule has 2 aromatic rings. The van der Waals surface area contributed by atoms with Crippen LogP contribution in [0.4, 0.5) is 32.0 Å². The second kappa shape index (κ2) is 7.74. The molecule has 0 aliphatic carbocycles. The number of carbonyl (C=O) groups excluding carboxylic acids is 1. The topological polar surface area (TPSA) is 100 Å². The number of anilines is 1. The number of nitrogens with zero attached hydrogens (tertiary/aromatic N) is 3. The van der Waals surface area contributed by atoms with E-state index >= 15 is 0 Å². The molecular weight excluding hydrogens is 458 g/mol. The number of fused-ring (bicyclic) bond motifs is 2. The maximum absolute atomic E-state index is 13.5. The van der Waals surface area contributed by atoms with E-state index in [1.54, 1.807) is 0 Å². The number of amides is 1. The van der Waals surface area contributed by atoms with E-state index in [1.807, 2.05) is 0 Å². The number of aliphatic hydroxyl groups excluding tert-OH is 1. The predicted octanol–water partition coefficient (Wildman–Crippen LogP) is 3.20. The van der Waals surface area contributed by atoms with Gasteiger partial charge in [0.1, 0.15) is 0 Å². The van der Waals surface area contributed by atoms with Gasteiger partial charge in [0.15, 0.2) is 5.69 Å². The summed E-state index contributed by atoms with van der Waals surface area (Å²) >= 11 is 0. The van der Waals surface area contributed by atoms with Crippen LogP contribution in [0.1, 0.15) is 34.7 Å². The normalized spacial score (nSPS) is 26.9. The van der Waals surface area contributed by atoms with Crippen LogP contribution < -0.4 is 5.32 Å². The highest BCUT2D eigenvalue weighted by Gasteiger charge is 2.59. The van der Waals surface area contributed by atoms with E-state index in [1.165, 1.54) is 13.1 Å². The first kappa shape index (κ1) is 23.1. The Morgan fingerprint density at radius 3 is 2.58 bits per heavy atom. The molecular formula is C20H16F6N4O3. The Morgan fingerprint density at radius 2 is 1.97 bits per heavy atom. The van der Waals surface area contributed by atoms with Crippen molar-refractivity contribution in [1.82, 2.24) is 9.78 Å². The summed E-state index contributed by atoms with van der Waals surface area (Å²) < 4.78 is 86.8. The highest BCUT2D eigenvalue weighted by atomic mass is 19.4. The zero-order valence-corrected chi connectivity index (χ0v) is 16.8. The number of hydrogen-bond acceptors (Lipinski definition) is 5. The van der Waals surface area contributed by atoms with E-state index in [0.29, 0.717) is 6.07 Å². The maximum Gasteiger partial charge on any atom is 0.435 e. The molecule has 1 aromatic carbocycles. The Kier molecular flexibility index (Phi) is 5.41. The van der Waals surface area contributed by atoms with Gasteiger partial charge in [0.2, 0.25) is 5.91 Å². The summed E-state index contributed by atoms with van der Waals surface area (Å²) in [6.45, 7) is 0. The molecule has 2 saturated heterocycles. The van der Waals surface area contributed by atoms with Crippen LogP contribution in [0.3, 0.4) is 0 Å². The van der Waals surface area contributed by atoms with Crippen LogP contribution in [0.5, 0.6) is 0 Å². The van der Waals surface area contributed by atoms with Crippen molar-refractivity contribution in [1.29, 1.82) is 5.26 Å². The highest BCUT2D eigenvalue weighted by molar-refractivity contribution is 5.94. The SMILES string of the molecule is Cn1cc(C2C3OC(CC3O)C2C(=O)Nc2ccc(C#N)c(C(F)(F)F)c2)c(C(F)(F)F)n1. The van der Waals surface area contributed by atoms with Gasteiger partial charge in [-0.1, -0.05) is 0 Å². The monoisotopic (exact) mass is 474 g/mol. The minimum absolute atomic E-state index is 0.0119. The first-order chi connectivity index (χ1) is 15.3. The first-order valence-electron chi connectivity index (χ1n) is 9.67. The zero-order chi connectivity index (χ0) is 24.3. The highest BCUT2D eigenvalue weighted by Crippen LogP contribution is 2.51. The standard InChI is InChI=1S/C20H16F6N4O3/c1-30-7-10(17(29-30)20(24,25)26)14-15(13-5-12(31)16(14)33-13)18(32)28-9-3-2-8(6-27)11(4-9)19(21,22)23/h2-4,7,12-16,31H,5H2,1H3,(H,28,32). The van der Waals surface area contributed by atoms with Crippen molar-refractivity contribution in [2.75, 3.05) is 5.32 Å². The Bertz CT molecular complexity index is 1140. The predicted molar refractivity (Wildman–Crippen MR) is 98.5 cm³/mol. The number of benzene rings is 1. The number of nitriles is 1. The minimum Gasteiger partial charge on any atom is -0.390 e. The van der Waals surface area contributed by atoms with Crippen LogP contribution in [0.2, 0.25) is 0 Å². The van der Waals surface area contributed by atoms with E-state index in [9.17, 15) is 36.2 Å². The average molecular weight is 474 g/mol. The summed E-state index contributed by atoms with van der Waals surface area (Å²) in [6, 6.07) is 3.98. The molecule has 0 spiro atoms. The van der Waals surface area contributed by atoms with Gasteiger partial charge in [-0.05, 0) is 18.2 Å². The van der Waals surface area contributed by atoms with E-state index in [-0.39, 0.29) is 17.7 Å². The molecule has 3 heterocycles. The molecule has 2 aliphatic heterocycles. The molecule has 2 aliphatic rings. The third-order valence-corrected chi connectivity index (χ3v) is 5.83. The number of carbonyl (C=O) groups is 1. The van der Waals surface area contributed by atoms with Crippen molar-refractivity contribution < 1.29 is 41.0 Å². The number of halogens is 6. The number of ether oxygens (including phenoxy) is 1. The minimum atomic E-state index is -4.86. The summed E-state index contributed by atoms with van der Waals surface area (Å²) in [4.78, 5) is 13.1. The summed E-state index contributed by atoms with van der Waals surface area (Å²) in [5.41, 5.74) is -3.75. The van der Waals surface area contributed by atoms with Gasteiger partial charge in [-0.2, -0.15) is 36.7 Å². The lowest BCUT2D eigenvalue weighted by Gasteiger charge is -2.30. The van der Waals surface area contributed by atoms with Crippen molar-refractivity contribution in [2.45, 2.75) is 43.0 Å². The summed E-state index contributed by atoms with van der Waals surface area (Å²) in [5.74, 6) is -3.30. The van der Waals surface area contributed by atoms with Gasteiger partial charge in [-0.3, -0.25) is 9.48 Å². The second-order valence-electron chi connectivity index (χ2n) is 7.96. The Labute approximate surface area is 182 Å². The van der Waals surface area contributed by atoms with Gasteiger partial charge < -0.3 is 15.2 Å². The van der Waals surface area contributed by atoms with Crippen LogP contribution in [-0.2, 0) is 28.9 Å². The summed E-state index contributed by atoms with van der Waals surface area (Å²) in [7, 11) is 1.27. The molecule has 2 fully saturated rings. The number of aromatic nitrogens is 2. The van der Waals surface area contributed by atoms with Crippen molar-refractivity contribution in [3.05, 3.63) is 46.8 Å². The third-order valence-electron chi connectivity index (χ3n) is 5.83. The van der Waals surface area contributed by atoms with Crippen molar-refractivity contribution in [2.24, 2.45) is 13.0 Å². The van der Waals surface area contributed by atoms with Crippen LogP contribution in [0, 0.1) is 17.2 Å². The van der Waals surface area contributed by atoms with Gasteiger partial charge in [0, 0.05) is 36.8 Å². The Balaban J connectivity index is 1.69. The molecule has 1 aromatic heterocycles. The second-order valence-corrected chi connectivity index (χ2v) is 7.96. The molecule has 0 radical (unpaired) electrons. The fourth-order valence-corrected chi connectivity index (χ4v) is 4.56. The molecule has 176 valence electrons. The molecule has 7 nitrogen and oxygen atoms in total. The number of aliphatic hydroxyl groups is 1. The number of aryl methyl sites for hydroxylation is 1. The fourth-order valence-electron chi connectivity index (χ4n) is 4.56. The van der Waals surface area contributed by atoms with Crippen molar-refractivity contribution in [3.8, 4) is 6.07 Å². The number of alkyl halides is 6. The van der Waals surface area contributed by atoms with E-state index in [0.717, 1.165) is 23.0 Å². The molecule has 5 atom stereocenters. The molecule has 33 heavy (non-hydrogen) atoms. The quantitative estimate of drug-likeness (QED) is 0.666. The molecule has 0 saturated carbocycles. The number of nitrogens with one attached hydrogen (secondary N) is 1. The lowest BCUT2D eigenvalue weighted by molar-refractivity contribution is -0.143. The lowest BCUT2D eigenvalue weighted by atomic mass is 9.73. The molecule has 4 rings (SSSR count). The average Bonchev–Trinajstić information content (AvgIpc) is 3.38. The molecule has 1 amide bonds. The number of hydrogen-bond donors (Lipinski definition) is 2. The van der Waals surface area contributed by atoms with Gasteiger partial charge in [-0.25, -0.2) is 0 Å². The van der Waals surface area contributed by atoms with Gasteiger partial charge in [0.25, 0.3) is 0 Å². The zero-order valence-electron chi connectivity index (χ0n) is 16.8. The molecule has 13 heteroatoms. The largest absolute Gasteiger partial charge is 0.435 e. The lowest BCUT2D eigenvalue weighted by Crippen LogP contribution is -2.41. The summed E-state index contributed by atoms with van der Waals surface area (Å²) in [6.07, 6.45) is -11.8. The third kappa shape index (κ3) is 4.04. The summed E-state index contributed by atoms with van der Waals surface area (Å²) in [5, 5.41) is 24.8. The Morgan fingerprint density at radius 1 is 1.27 bits per heavy atom. The van der Waals surface area contributed by atoms with Crippen LogP contribution in [0.15, 0.2) is 24.4 Å². The molecule has 2 bridgehead atoms. The van der Waals surface area contributed by atoms with Gasteiger partial charge in [0.05, 0.1) is 41.4 Å². The van der Waals surface area contributed by atoms with E-state index in [4.69, 9.17) is 10.00 Å². The van der Waals surface area contributed by atoms with Gasteiger partial charge in [-0.15, -0.1) is 0 Å².